The average Bonchev–Trinajstić information content (AvgIpc) is 3.34. The van der Waals surface area contributed by atoms with E-state index in [0.29, 0.717) is 5.56 Å². The molecule has 1 amide bonds. The van der Waals surface area contributed by atoms with Gasteiger partial charge in [-0.25, -0.2) is 4.68 Å². The maximum absolute atomic E-state index is 13.9. The number of ether oxygens (including phenoxy) is 1. The number of carbonyl (C=O) groups is 1. The van der Waals surface area contributed by atoms with Crippen LogP contribution in [0.15, 0.2) is 36.4 Å². The molecule has 4 rings (SSSR count). The van der Waals surface area contributed by atoms with Crippen molar-refractivity contribution >= 4 is 16.9 Å². The number of fused-ring (bicyclic) bond motifs is 1. The number of hydrogen-bond acceptors (Lipinski definition) is 4. The summed E-state index contributed by atoms with van der Waals surface area (Å²) in [5, 5.41) is 7.00. The lowest BCUT2D eigenvalue weighted by atomic mass is 10.0. The molecule has 6 nitrogen and oxygen atoms in total. The van der Waals surface area contributed by atoms with Gasteiger partial charge in [0.15, 0.2) is 12.3 Å². The summed E-state index contributed by atoms with van der Waals surface area (Å²) >= 11 is 0. The molecule has 1 saturated carbocycles. The van der Waals surface area contributed by atoms with Gasteiger partial charge in [0.2, 0.25) is 5.88 Å². The van der Waals surface area contributed by atoms with Gasteiger partial charge in [-0.15, -0.1) is 0 Å². The van der Waals surface area contributed by atoms with Crippen molar-refractivity contribution in [3.8, 4) is 17.1 Å². The van der Waals surface area contributed by atoms with Crippen LogP contribution in [0.1, 0.15) is 31.2 Å². The Hall–Kier alpha value is -3.10. The minimum absolute atomic E-state index is 0.0369. The summed E-state index contributed by atoms with van der Waals surface area (Å²) in [7, 11) is 1.53. The number of rotatable bonds is 5. The van der Waals surface area contributed by atoms with Crippen molar-refractivity contribution in [1.82, 2.24) is 20.1 Å². The van der Waals surface area contributed by atoms with E-state index in [-0.39, 0.29) is 34.6 Å². The van der Waals surface area contributed by atoms with Crippen LogP contribution in [-0.4, -0.2) is 33.3 Å². The normalized spacial score (nSPS) is 14.9. The second-order valence-electron chi connectivity index (χ2n) is 7.38. The molecule has 0 saturated heterocycles. The van der Waals surface area contributed by atoms with Gasteiger partial charge < -0.3 is 10.1 Å². The first-order valence-electron chi connectivity index (χ1n) is 9.75. The lowest BCUT2D eigenvalue weighted by molar-refractivity contribution is -0.136. The van der Waals surface area contributed by atoms with Gasteiger partial charge in [-0.3, -0.25) is 4.79 Å². The number of amides is 1. The van der Waals surface area contributed by atoms with E-state index in [1.54, 1.807) is 30.3 Å². The van der Waals surface area contributed by atoms with Crippen molar-refractivity contribution in [2.45, 2.75) is 37.9 Å². The molecule has 30 heavy (non-hydrogen) atoms. The molecule has 3 aromatic rings. The smallest absolute Gasteiger partial charge is 0.417 e. The molecule has 0 atom stereocenters. The molecule has 1 aliphatic carbocycles. The van der Waals surface area contributed by atoms with Gasteiger partial charge in [-0.1, -0.05) is 43.2 Å². The monoisotopic (exact) mass is 418 g/mol. The maximum Gasteiger partial charge on any atom is 0.417 e. The van der Waals surface area contributed by atoms with E-state index in [2.05, 4.69) is 15.4 Å². The number of hydrogen-bond donors (Lipinski definition) is 1. The predicted octanol–water partition coefficient (Wildman–Crippen LogP) is 4.09. The summed E-state index contributed by atoms with van der Waals surface area (Å²) in [6.07, 6.45) is -0.707. The van der Waals surface area contributed by atoms with Crippen molar-refractivity contribution in [3.63, 3.8) is 0 Å². The number of carbonyl (C=O) groups excluding carboxylic acids is 1. The van der Waals surface area contributed by atoms with Gasteiger partial charge in [0.1, 0.15) is 5.69 Å². The number of halogens is 3. The third-order valence-corrected chi connectivity index (χ3v) is 5.19. The maximum atomic E-state index is 13.9. The van der Waals surface area contributed by atoms with Gasteiger partial charge in [0.05, 0.1) is 10.9 Å². The SMILES string of the molecule is Cn1nc(-c2ccccc2)c2c(C(F)(F)F)cc(OCC(=O)NC3CCCC3)nc21. The molecular formula is C21H21F3N4O2. The second-order valence-corrected chi connectivity index (χ2v) is 7.38. The van der Waals surface area contributed by atoms with Crippen LogP contribution in [0.5, 0.6) is 5.88 Å². The van der Waals surface area contributed by atoms with Gasteiger partial charge in [0, 0.05) is 24.7 Å². The molecule has 0 bridgehead atoms. The molecule has 0 aliphatic heterocycles. The van der Waals surface area contributed by atoms with Gasteiger partial charge in [-0.05, 0) is 12.8 Å². The highest BCUT2D eigenvalue weighted by Crippen LogP contribution is 2.40. The zero-order chi connectivity index (χ0) is 21.3. The minimum Gasteiger partial charge on any atom is -0.467 e. The molecule has 1 aliphatic rings. The Morgan fingerprint density at radius 1 is 1.23 bits per heavy atom. The van der Waals surface area contributed by atoms with Crippen LogP contribution in [-0.2, 0) is 18.0 Å². The summed E-state index contributed by atoms with van der Waals surface area (Å²) in [6.45, 7) is -0.393. The molecule has 0 unspecified atom stereocenters. The van der Waals surface area contributed by atoms with E-state index in [9.17, 15) is 18.0 Å². The van der Waals surface area contributed by atoms with Gasteiger partial charge in [0.25, 0.3) is 5.91 Å². The zero-order valence-corrected chi connectivity index (χ0v) is 16.4. The number of aromatic nitrogens is 3. The van der Waals surface area contributed by atoms with E-state index < -0.39 is 18.3 Å². The fourth-order valence-electron chi connectivity index (χ4n) is 3.80. The number of aryl methyl sites for hydroxylation is 1. The first-order chi connectivity index (χ1) is 14.3. The van der Waals surface area contributed by atoms with Crippen LogP contribution < -0.4 is 10.1 Å². The highest BCUT2D eigenvalue weighted by atomic mass is 19.4. The van der Waals surface area contributed by atoms with Crippen LogP contribution >= 0.6 is 0 Å². The van der Waals surface area contributed by atoms with Crippen molar-refractivity contribution in [3.05, 3.63) is 42.0 Å². The van der Waals surface area contributed by atoms with Gasteiger partial charge >= 0.3 is 6.18 Å². The summed E-state index contributed by atoms with van der Waals surface area (Å²) < 4.78 is 48.2. The molecule has 9 heteroatoms. The van der Waals surface area contributed by atoms with E-state index >= 15 is 0 Å². The molecule has 0 radical (unpaired) electrons. The third kappa shape index (κ3) is 4.10. The van der Waals surface area contributed by atoms with Crippen LogP contribution in [0.4, 0.5) is 13.2 Å². The number of nitrogens with zero attached hydrogens (tertiary/aromatic N) is 3. The molecule has 2 aromatic heterocycles. The van der Waals surface area contributed by atoms with E-state index in [1.165, 1.54) is 11.7 Å². The Morgan fingerprint density at radius 2 is 1.93 bits per heavy atom. The number of alkyl halides is 3. The Morgan fingerprint density at radius 3 is 2.60 bits per heavy atom. The highest BCUT2D eigenvalue weighted by molar-refractivity contribution is 5.94. The molecule has 2 heterocycles. The molecule has 1 N–H and O–H groups in total. The molecule has 1 fully saturated rings. The van der Waals surface area contributed by atoms with Crippen LogP contribution in [0.3, 0.4) is 0 Å². The Balaban J connectivity index is 1.67. The Labute approximate surface area is 171 Å². The van der Waals surface area contributed by atoms with Crippen LogP contribution in [0.25, 0.3) is 22.3 Å². The Bertz CT molecular complexity index is 1060. The first-order valence-corrected chi connectivity index (χ1v) is 9.75. The summed E-state index contributed by atoms with van der Waals surface area (Å²) in [5.41, 5.74) is -0.112. The summed E-state index contributed by atoms with van der Waals surface area (Å²) in [6, 6.07) is 9.57. The topological polar surface area (TPSA) is 69.0 Å². The number of benzene rings is 1. The fraction of sp³-hybridized carbons (Fsp3) is 0.381. The fourth-order valence-corrected chi connectivity index (χ4v) is 3.80. The Kier molecular flexibility index (Phi) is 5.36. The van der Waals surface area contributed by atoms with E-state index in [0.717, 1.165) is 31.7 Å². The largest absolute Gasteiger partial charge is 0.467 e. The van der Waals surface area contributed by atoms with E-state index in [4.69, 9.17) is 4.74 Å². The summed E-state index contributed by atoms with van der Waals surface area (Å²) in [4.78, 5) is 16.3. The van der Waals surface area contributed by atoms with Crippen LogP contribution in [0.2, 0.25) is 0 Å². The number of pyridine rings is 1. The van der Waals surface area contributed by atoms with Crippen molar-refractivity contribution in [2.75, 3.05) is 6.61 Å². The third-order valence-electron chi connectivity index (χ3n) is 5.19. The quantitative estimate of drug-likeness (QED) is 0.678. The standard InChI is InChI=1S/C21H21F3N4O2/c1-28-20-18(19(27-28)13-7-3-2-4-8-13)15(21(22,23)24)11-17(26-20)30-12-16(29)25-14-9-5-6-10-14/h2-4,7-8,11,14H,5-6,9-10,12H2,1H3,(H,25,29). The lowest BCUT2D eigenvalue weighted by Crippen LogP contribution is -2.36. The zero-order valence-electron chi connectivity index (χ0n) is 16.4. The summed E-state index contributed by atoms with van der Waals surface area (Å²) in [5.74, 6) is -0.633. The van der Waals surface area contributed by atoms with Gasteiger partial charge in [-0.2, -0.15) is 23.3 Å². The first kappa shape index (κ1) is 20.2. The van der Waals surface area contributed by atoms with E-state index in [1.807, 2.05) is 0 Å². The average molecular weight is 418 g/mol. The molecule has 158 valence electrons. The molecular weight excluding hydrogens is 397 g/mol. The lowest BCUT2D eigenvalue weighted by Gasteiger charge is -2.14. The minimum atomic E-state index is -4.64. The highest BCUT2D eigenvalue weighted by Gasteiger charge is 2.36. The molecule has 0 spiro atoms. The van der Waals surface area contributed by atoms with Crippen molar-refractivity contribution < 1.29 is 22.7 Å². The molecule has 1 aromatic carbocycles. The van der Waals surface area contributed by atoms with Crippen molar-refractivity contribution in [2.24, 2.45) is 7.05 Å². The van der Waals surface area contributed by atoms with Crippen molar-refractivity contribution in [1.29, 1.82) is 0 Å². The number of nitrogens with one attached hydrogen (secondary N) is 1. The second kappa shape index (κ2) is 7.97. The van der Waals surface area contributed by atoms with Crippen LogP contribution in [0, 0.1) is 0 Å². The predicted molar refractivity (Wildman–Crippen MR) is 105 cm³/mol.